The number of rotatable bonds is 6. The van der Waals surface area contributed by atoms with Gasteiger partial charge in [0.2, 0.25) is 0 Å². The van der Waals surface area contributed by atoms with Gasteiger partial charge >= 0.3 is 0 Å². The molecule has 0 spiro atoms. The fourth-order valence-electron chi connectivity index (χ4n) is 5.39. The van der Waals surface area contributed by atoms with E-state index in [1.165, 1.54) is 25.2 Å². The van der Waals surface area contributed by atoms with Gasteiger partial charge in [-0.25, -0.2) is 18.6 Å². The lowest BCUT2D eigenvalue weighted by Gasteiger charge is -2.15. The molecule has 2 heterocycles. The molecule has 0 bridgehead atoms. The number of fused-ring (bicyclic) bond motifs is 2. The van der Waals surface area contributed by atoms with Crippen LogP contribution in [0.15, 0.2) is 72.0 Å². The molecule has 0 saturated heterocycles. The second kappa shape index (κ2) is 9.72. The van der Waals surface area contributed by atoms with Gasteiger partial charge in [0.15, 0.2) is 11.0 Å². The Hall–Kier alpha value is -3.98. The molecular weight excluding hydrogens is 499 g/mol. The third kappa shape index (κ3) is 4.26. The zero-order valence-electron chi connectivity index (χ0n) is 21.3. The second-order valence-corrected chi connectivity index (χ2v) is 11.1. The van der Waals surface area contributed by atoms with Gasteiger partial charge in [0.05, 0.1) is 16.0 Å². The maximum atomic E-state index is 15.4. The molecule has 5 aromatic rings. The summed E-state index contributed by atoms with van der Waals surface area (Å²) in [5.74, 6) is -0.123. The molecule has 1 aliphatic rings. The van der Waals surface area contributed by atoms with Crippen LogP contribution in [-0.2, 0) is 11.0 Å². The standard InChI is InChI=1S/C29H29FN6OS/c1-35(2)21-11-12-22-18(14-21)6-5-9-26(22)38(37)34-25-13-10-19(15-24(25)30)23-16-36(20-7-3-4-8-20)29-27(23)28(31)32-17-33-29/h5-6,9-17,20,34H,3-4,7-8H2,1-2H3,(H2,31,32,33). The summed E-state index contributed by atoms with van der Waals surface area (Å²) >= 11 is 0. The van der Waals surface area contributed by atoms with Crippen LogP contribution in [0, 0.1) is 5.82 Å². The largest absolute Gasteiger partial charge is 0.383 e. The summed E-state index contributed by atoms with van der Waals surface area (Å²) < 4.78 is 33.7. The molecule has 1 fully saturated rings. The first kappa shape index (κ1) is 24.4. The zero-order chi connectivity index (χ0) is 26.4. The molecule has 0 amide bonds. The third-order valence-electron chi connectivity index (χ3n) is 7.38. The molecule has 0 radical (unpaired) electrons. The van der Waals surface area contributed by atoms with E-state index in [0.29, 0.717) is 22.3 Å². The number of nitrogen functional groups attached to an aromatic ring is 1. The highest BCUT2D eigenvalue weighted by atomic mass is 32.2. The van der Waals surface area contributed by atoms with Crippen molar-refractivity contribution in [3.05, 3.63) is 72.9 Å². The van der Waals surface area contributed by atoms with Gasteiger partial charge in [0, 0.05) is 37.6 Å². The van der Waals surface area contributed by atoms with Crippen LogP contribution >= 0.6 is 0 Å². The summed E-state index contributed by atoms with van der Waals surface area (Å²) in [6.45, 7) is 0. The molecule has 38 heavy (non-hydrogen) atoms. The van der Waals surface area contributed by atoms with E-state index in [2.05, 4.69) is 19.3 Å². The second-order valence-electron chi connectivity index (χ2n) is 9.97. The van der Waals surface area contributed by atoms with Crippen molar-refractivity contribution in [2.45, 2.75) is 36.6 Å². The van der Waals surface area contributed by atoms with E-state index >= 15 is 4.39 Å². The highest BCUT2D eigenvalue weighted by Gasteiger charge is 2.23. The molecular formula is C29H29FN6OS. The Morgan fingerprint density at radius 2 is 1.89 bits per heavy atom. The lowest BCUT2D eigenvalue weighted by molar-refractivity contribution is 0.532. The van der Waals surface area contributed by atoms with Gasteiger partial charge < -0.3 is 15.2 Å². The van der Waals surface area contributed by atoms with Crippen LogP contribution in [0.25, 0.3) is 32.9 Å². The van der Waals surface area contributed by atoms with E-state index in [-0.39, 0.29) is 5.69 Å². The number of nitrogens with zero attached hydrogens (tertiary/aromatic N) is 4. The Bertz CT molecular complexity index is 1690. The number of hydrogen-bond donors (Lipinski definition) is 2. The van der Waals surface area contributed by atoms with Gasteiger partial charge in [-0.3, -0.25) is 4.72 Å². The van der Waals surface area contributed by atoms with Crippen LogP contribution in [0.5, 0.6) is 0 Å². The molecule has 1 saturated carbocycles. The van der Waals surface area contributed by atoms with Gasteiger partial charge in [0.25, 0.3) is 0 Å². The van der Waals surface area contributed by atoms with Crippen LogP contribution in [0.3, 0.4) is 0 Å². The lowest BCUT2D eigenvalue weighted by atomic mass is 10.1. The zero-order valence-corrected chi connectivity index (χ0v) is 22.1. The normalized spacial score (nSPS) is 14.8. The van der Waals surface area contributed by atoms with Gasteiger partial charge in [-0.05, 0) is 59.5 Å². The van der Waals surface area contributed by atoms with Crippen molar-refractivity contribution in [3.63, 3.8) is 0 Å². The summed E-state index contributed by atoms with van der Waals surface area (Å²) in [5, 5.41) is 2.56. The molecule has 6 rings (SSSR count). The van der Waals surface area contributed by atoms with E-state index in [1.54, 1.807) is 12.1 Å². The van der Waals surface area contributed by atoms with Gasteiger partial charge in [-0.2, -0.15) is 0 Å². The van der Waals surface area contributed by atoms with E-state index in [4.69, 9.17) is 5.73 Å². The average Bonchev–Trinajstić information content (AvgIpc) is 3.58. The van der Waals surface area contributed by atoms with Crippen LogP contribution in [0.2, 0.25) is 0 Å². The Labute approximate surface area is 223 Å². The van der Waals surface area contributed by atoms with E-state index in [9.17, 15) is 4.21 Å². The van der Waals surface area contributed by atoms with Crippen LogP contribution in [-0.4, -0.2) is 32.8 Å². The lowest BCUT2D eigenvalue weighted by Crippen LogP contribution is -2.09. The number of nitrogens with two attached hydrogens (primary N) is 1. The molecule has 3 aromatic carbocycles. The van der Waals surface area contributed by atoms with Gasteiger partial charge in [-0.1, -0.05) is 37.1 Å². The summed E-state index contributed by atoms with van der Waals surface area (Å²) in [5.41, 5.74) is 9.72. The van der Waals surface area contributed by atoms with E-state index < -0.39 is 16.8 Å². The van der Waals surface area contributed by atoms with E-state index in [0.717, 1.165) is 45.9 Å². The smallest absolute Gasteiger partial charge is 0.151 e. The summed E-state index contributed by atoms with van der Waals surface area (Å²) in [4.78, 5) is 11.3. The minimum absolute atomic E-state index is 0.165. The predicted octanol–water partition coefficient (Wildman–Crippen LogP) is 6.29. The van der Waals surface area contributed by atoms with Crippen LogP contribution < -0.4 is 15.4 Å². The molecule has 9 heteroatoms. The minimum Gasteiger partial charge on any atom is -0.383 e. The van der Waals surface area contributed by atoms with E-state index in [1.807, 2.05) is 61.6 Å². The molecule has 194 valence electrons. The molecule has 0 aliphatic heterocycles. The first-order valence-corrected chi connectivity index (χ1v) is 13.8. The number of hydrogen-bond acceptors (Lipinski definition) is 5. The first-order valence-electron chi connectivity index (χ1n) is 12.7. The summed E-state index contributed by atoms with van der Waals surface area (Å²) in [7, 11) is 2.30. The van der Waals surface area contributed by atoms with Crippen LogP contribution in [0.4, 0.5) is 21.6 Å². The van der Waals surface area contributed by atoms with Crippen molar-refractivity contribution in [3.8, 4) is 11.1 Å². The summed E-state index contributed by atoms with van der Waals surface area (Å²) in [6.07, 6.45) is 8.02. The fraction of sp³-hybridized carbons (Fsp3) is 0.241. The average molecular weight is 529 g/mol. The Balaban J connectivity index is 1.33. The molecule has 3 N–H and O–H groups in total. The molecule has 1 aliphatic carbocycles. The Morgan fingerprint density at radius 3 is 2.66 bits per heavy atom. The van der Waals surface area contributed by atoms with Crippen LogP contribution in [0.1, 0.15) is 31.7 Å². The number of nitrogens with one attached hydrogen (secondary N) is 1. The number of halogens is 1. The maximum Gasteiger partial charge on any atom is 0.151 e. The molecule has 1 atom stereocenters. The molecule has 7 nitrogen and oxygen atoms in total. The van der Waals surface area contributed by atoms with Crippen molar-refractivity contribution in [1.82, 2.24) is 14.5 Å². The highest BCUT2D eigenvalue weighted by Crippen LogP contribution is 2.39. The van der Waals surface area contributed by atoms with Crippen molar-refractivity contribution < 1.29 is 8.60 Å². The minimum atomic E-state index is -1.66. The quantitative estimate of drug-likeness (QED) is 0.270. The highest BCUT2D eigenvalue weighted by molar-refractivity contribution is 7.86. The number of aromatic nitrogens is 3. The topological polar surface area (TPSA) is 89.1 Å². The Kier molecular flexibility index (Phi) is 6.23. The molecule has 1 unspecified atom stereocenters. The summed E-state index contributed by atoms with van der Waals surface area (Å²) in [6, 6.07) is 16.9. The monoisotopic (exact) mass is 528 g/mol. The maximum absolute atomic E-state index is 15.4. The van der Waals surface area contributed by atoms with Crippen molar-refractivity contribution in [2.24, 2.45) is 0 Å². The van der Waals surface area contributed by atoms with Gasteiger partial charge in [-0.15, -0.1) is 0 Å². The number of benzene rings is 3. The molecule has 2 aromatic heterocycles. The van der Waals surface area contributed by atoms with Crippen molar-refractivity contribution in [1.29, 1.82) is 0 Å². The SMILES string of the molecule is CN(C)c1ccc2c(S(=O)Nc3ccc(-c4cn(C5CCCC5)c5ncnc(N)c45)cc3F)cccc2c1. The first-order chi connectivity index (χ1) is 18.4. The Morgan fingerprint density at radius 1 is 1.08 bits per heavy atom. The number of anilines is 3. The third-order valence-corrected chi connectivity index (χ3v) is 8.54. The predicted molar refractivity (Wildman–Crippen MR) is 153 cm³/mol. The van der Waals surface area contributed by atoms with Crippen molar-refractivity contribution >= 4 is 50.0 Å². The van der Waals surface area contributed by atoms with Gasteiger partial charge in [0.1, 0.15) is 23.6 Å². The fourth-order valence-corrected chi connectivity index (χ4v) is 6.45. The van der Waals surface area contributed by atoms with Crippen molar-refractivity contribution in [2.75, 3.05) is 29.5 Å².